The molecule has 3 heterocycles. The van der Waals surface area contributed by atoms with Crippen molar-refractivity contribution in [1.29, 1.82) is 0 Å². The molecule has 13 heteroatoms. The van der Waals surface area contributed by atoms with Gasteiger partial charge >= 0.3 is 6.03 Å². The molecule has 0 saturated carbocycles. The van der Waals surface area contributed by atoms with Crippen molar-refractivity contribution in [3.05, 3.63) is 65.6 Å². The van der Waals surface area contributed by atoms with Gasteiger partial charge in [-0.1, -0.05) is 0 Å². The molecule has 1 N–H and O–H groups in total. The number of amides is 2. The van der Waals surface area contributed by atoms with Gasteiger partial charge in [0.25, 0.3) is 10.0 Å². The van der Waals surface area contributed by atoms with Gasteiger partial charge < -0.3 is 10.1 Å². The number of urea groups is 1. The molecular formula is C20H16F3N5O4S. The SMILES string of the molecule is CNc1ccc(N2C(=O)N(Cc3c(F)cc(F)cc3F)c3ncccc3S2(=O)=O)nc1OC. The first kappa shape index (κ1) is 22.3. The molecule has 2 aromatic heterocycles. The van der Waals surface area contributed by atoms with Crippen molar-refractivity contribution >= 4 is 33.4 Å². The molecular weight excluding hydrogens is 463 g/mol. The van der Waals surface area contributed by atoms with Gasteiger partial charge in [-0.25, -0.2) is 31.4 Å². The molecule has 0 unspecified atom stereocenters. The Morgan fingerprint density at radius 3 is 2.45 bits per heavy atom. The van der Waals surface area contributed by atoms with E-state index in [-0.39, 0.29) is 22.4 Å². The number of aromatic nitrogens is 2. The molecule has 0 atom stereocenters. The number of nitrogens with zero attached hydrogens (tertiary/aromatic N) is 4. The predicted octanol–water partition coefficient (Wildman–Crippen LogP) is 3.28. The van der Waals surface area contributed by atoms with Crippen LogP contribution in [-0.4, -0.2) is 38.6 Å². The third kappa shape index (κ3) is 3.69. The lowest BCUT2D eigenvalue weighted by Crippen LogP contribution is -2.51. The quantitative estimate of drug-likeness (QED) is 0.599. The zero-order valence-electron chi connectivity index (χ0n) is 17.2. The van der Waals surface area contributed by atoms with Crippen LogP contribution in [0.2, 0.25) is 0 Å². The molecule has 0 radical (unpaired) electrons. The van der Waals surface area contributed by atoms with Crippen LogP contribution in [0.4, 0.5) is 35.3 Å². The molecule has 33 heavy (non-hydrogen) atoms. The summed E-state index contributed by atoms with van der Waals surface area (Å²) < 4.78 is 74.1. The number of anilines is 3. The lowest BCUT2D eigenvalue weighted by atomic mass is 10.1. The van der Waals surface area contributed by atoms with Crippen LogP contribution in [0.3, 0.4) is 0 Å². The summed E-state index contributed by atoms with van der Waals surface area (Å²) in [4.78, 5) is 21.8. The first-order chi connectivity index (χ1) is 15.7. The van der Waals surface area contributed by atoms with Gasteiger partial charge in [-0.05, 0) is 24.3 Å². The summed E-state index contributed by atoms with van der Waals surface area (Å²) in [5.41, 5.74) is -0.214. The van der Waals surface area contributed by atoms with E-state index in [4.69, 9.17) is 4.74 Å². The minimum absolute atomic E-state index is 0.0113. The van der Waals surface area contributed by atoms with Gasteiger partial charge in [0.2, 0.25) is 5.88 Å². The molecule has 0 saturated heterocycles. The van der Waals surface area contributed by atoms with Crippen LogP contribution in [0.15, 0.2) is 47.5 Å². The van der Waals surface area contributed by atoms with E-state index in [1.165, 1.54) is 37.6 Å². The zero-order chi connectivity index (χ0) is 23.9. The highest BCUT2D eigenvalue weighted by Crippen LogP contribution is 2.37. The van der Waals surface area contributed by atoms with Crippen molar-refractivity contribution in [3.8, 4) is 5.88 Å². The van der Waals surface area contributed by atoms with Gasteiger partial charge in [0, 0.05) is 30.9 Å². The highest BCUT2D eigenvalue weighted by molar-refractivity contribution is 7.94. The second kappa shape index (κ2) is 8.24. The standard InChI is InChI=1S/C20H16F3N5O4S/c1-24-15-5-6-17(26-19(15)32-2)28-20(29)27(10-12-13(22)8-11(21)9-14(12)23)18-16(33(28,30)31)4-3-7-25-18/h3-9,24H,10H2,1-2H3. The molecule has 3 aromatic rings. The Morgan fingerprint density at radius 2 is 1.82 bits per heavy atom. The Hall–Kier alpha value is -3.87. The fourth-order valence-electron chi connectivity index (χ4n) is 3.32. The summed E-state index contributed by atoms with van der Waals surface area (Å²) in [6, 6.07) is 4.98. The van der Waals surface area contributed by atoms with E-state index in [2.05, 4.69) is 15.3 Å². The molecule has 2 amide bonds. The highest BCUT2D eigenvalue weighted by Gasteiger charge is 2.44. The van der Waals surface area contributed by atoms with Gasteiger partial charge in [0.05, 0.1) is 19.3 Å². The number of benzene rings is 1. The van der Waals surface area contributed by atoms with Crippen molar-refractivity contribution in [3.63, 3.8) is 0 Å². The molecule has 0 aliphatic carbocycles. The molecule has 4 rings (SSSR count). The number of sulfonamides is 1. The number of methoxy groups -OCH3 is 1. The molecule has 1 aliphatic rings. The van der Waals surface area contributed by atoms with Crippen molar-refractivity contribution in [2.45, 2.75) is 11.4 Å². The molecule has 1 aliphatic heterocycles. The van der Waals surface area contributed by atoms with Crippen LogP contribution in [0.1, 0.15) is 5.56 Å². The number of fused-ring (bicyclic) bond motifs is 1. The summed E-state index contributed by atoms with van der Waals surface area (Å²) in [5, 5.41) is 2.81. The fraction of sp³-hybridized carbons (Fsp3) is 0.150. The first-order valence-corrected chi connectivity index (χ1v) is 10.8. The lowest BCUT2D eigenvalue weighted by Gasteiger charge is -2.34. The summed E-state index contributed by atoms with van der Waals surface area (Å²) in [6.07, 6.45) is 1.23. The topological polar surface area (TPSA) is 105 Å². The largest absolute Gasteiger partial charge is 0.479 e. The number of halogens is 3. The smallest absolute Gasteiger partial charge is 0.346 e. The van der Waals surface area contributed by atoms with Crippen LogP contribution in [-0.2, 0) is 16.6 Å². The van der Waals surface area contributed by atoms with E-state index in [1.54, 1.807) is 7.05 Å². The maximum absolute atomic E-state index is 14.3. The number of carbonyl (C=O) groups is 1. The highest BCUT2D eigenvalue weighted by atomic mass is 32.2. The van der Waals surface area contributed by atoms with Crippen molar-refractivity contribution in [2.75, 3.05) is 28.7 Å². The lowest BCUT2D eigenvalue weighted by molar-refractivity contribution is 0.253. The number of ether oxygens (including phenoxy) is 1. The maximum Gasteiger partial charge on any atom is 0.346 e. The number of carbonyl (C=O) groups excluding carboxylic acids is 1. The van der Waals surface area contributed by atoms with E-state index in [9.17, 15) is 26.4 Å². The average molecular weight is 479 g/mol. The summed E-state index contributed by atoms with van der Waals surface area (Å²) in [7, 11) is -1.58. The van der Waals surface area contributed by atoms with E-state index < -0.39 is 45.6 Å². The maximum atomic E-state index is 14.3. The summed E-state index contributed by atoms with van der Waals surface area (Å²) in [6.45, 7) is -0.751. The van der Waals surface area contributed by atoms with Crippen LogP contribution in [0.5, 0.6) is 5.88 Å². The van der Waals surface area contributed by atoms with Crippen LogP contribution in [0, 0.1) is 17.5 Å². The van der Waals surface area contributed by atoms with Crippen molar-refractivity contribution in [1.82, 2.24) is 9.97 Å². The molecule has 1 aromatic carbocycles. The normalized spacial score (nSPS) is 14.8. The van der Waals surface area contributed by atoms with Crippen LogP contribution < -0.4 is 19.3 Å². The molecule has 0 fully saturated rings. The monoisotopic (exact) mass is 479 g/mol. The fourth-order valence-corrected chi connectivity index (χ4v) is 4.82. The molecule has 0 spiro atoms. The van der Waals surface area contributed by atoms with Gasteiger partial charge in [-0.15, -0.1) is 0 Å². The Morgan fingerprint density at radius 1 is 1.12 bits per heavy atom. The van der Waals surface area contributed by atoms with Gasteiger partial charge in [-0.3, -0.25) is 4.90 Å². The minimum atomic E-state index is -4.49. The van der Waals surface area contributed by atoms with Gasteiger partial charge in [-0.2, -0.15) is 9.29 Å². The van der Waals surface area contributed by atoms with Crippen LogP contribution >= 0.6 is 0 Å². The van der Waals surface area contributed by atoms with E-state index in [0.29, 0.717) is 22.1 Å². The predicted molar refractivity (Wildman–Crippen MR) is 112 cm³/mol. The molecule has 172 valence electrons. The number of hydrogen-bond donors (Lipinski definition) is 1. The Kier molecular flexibility index (Phi) is 5.57. The van der Waals surface area contributed by atoms with Gasteiger partial charge in [0.1, 0.15) is 22.3 Å². The number of rotatable bonds is 5. The third-order valence-electron chi connectivity index (χ3n) is 4.87. The van der Waals surface area contributed by atoms with Crippen molar-refractivity contribution < 1.29 is 31.1 Å². The average Bonchev–Trinajstić information content (AvgIpc) is 2.77. The zero-order valence-corrected chi connectivity index (χ0v) is 18.0. The summed E-state index contributed by atoms with van der Waals surface area (Å²) >= 11 is 0. The van der Waals surface area contributed by atoms with Crippen molar-refractivity contribution in [2.24, 2.45) is 0 Å². The Labute approximate surface area is 186 Å². The second-order valence-electron chi connectivity index (χ2n) is 6.79. The Bertz CT molecular complexity index is 1350. The second-order valence-corrected chi connectivity index (χ2v) is 8.54. The van der Waals surface area contributed by atoms with E-state index >= 15 is 0 Å². The van der Waals surface area contributed by atoms with Gasteiger partial charge in [0.15, 0.2) is 11.6 Å². The number of hydrogen-bond acceptors (Lipinski definition) is 7. The summed E-state index contributed by atoms with van der Waals surface area (Å²) in [5.74, 6) is -4.25. The number of nitrogens with one attached hydrogen (secondary N) is 1. The minimum Gasteiger partial charge on any atom is -0.479 e. The molecule has 9 nitrogen and oxygen atoms in total. The number of pyridine rings is 2. The van der Waals surface area contributed by atoms with E-state index in [1.807, 2.05) is 0 Å². The Balaban J connectivity index is 1.89. The first-order valence-electron chi connectivity index (χ1n) is 9.37. The third-order valence-corrected chi connectivity index (χ3v) is 6.57. The molecule has 0 bridgehead atoms. The van der Waals surface area contributed by atoms with Crippen LogP contribution in [0.25, 0.3) is 0 Å². The van der Waals surface area contributed by atoms with E-state index in [0.717, 1.165) is 4.90 Å².